The van der Waals surface area contributed by atoms with Crippen LogP contribution in [-0.4, -0.2) is 0 Å². The molecule has 4 aromatic rings. The average molecular weight is 364 g/mol. The van der Waals surface area contributed by atoms with Crippen molar-refractivity contribution in [2.75, 3.05) is 11.5 Å². The third-order valence-corrected chi connectivity index (χ3v) is 5.33. The molecule has 0 saturated heterocycles. The summed E-state index contributed by atoms with van der Waals surface area (Å²) in [5, 5.41) is 4.53. The minimum Gasteiger partial charge on any atom is -0.398 e. The normalized spacial score (nSPS) is 11.0. The van der Waals surface area contributed by atoms with Gasteiger partial charge in [-0.25, -0.2) is 0 Å². The molecule has 28 heavy (non-hydrogen) atoms. The Balaban J connectivity index is 2.20. The molecular formula is C26H24N2. The van der Waals surface area contributed by atoms with Gasteiger partial charge in [-0.05, 0) is 57.6 Å². The molecular weight excluding hydrogens is 340 g/mol. The summed E-state index contributed by atoms with van der Waals surface area (Å²) >= 11 is 0. The van der Waals surface area contributed by atoms with Gasteiger partial charge in [0.15, 0.2) is 0 Å². The zero-order valence-corrected chi connectivity index (χ0v) is 15.9. The summed E-state index contributed by atoms with van der Waals surface area (Å²) in [6.07, 6.45) is 5.21. The quantitative estimate of drug-likeness (QED) is 0.323. The van der Waals surface area contributed by atoms with E-state index in [2.05, 4.69) is 61.7 Å². The van der Waals surface area contributed by atoms with Crippen molar-refractivity contribution in [2.45, 2.75) is 12.8 Å². The molecule has 2 heteroatoms. The number of nitrogen functional groups attached to an aromatic ring is 2. The molecule has 0 aromatic heterocycles. The Kier molecular flexibility index (Phi) is 4.62. The van der Waals surface area contributed by atoms with Crippen LogP contribution in [0.1, 0.15) is 11.1 Å². The second kappa shape index (κ2) is 7.24. The predicted octanol–water partition coefficient (Wildman–Crippen LogP) is 6.28. The number of benzene rings is 4. The van der Waals surface area contributed by atoms with E-state index in [-0.39, 0.29) is 0 Å². The predicted molar refractivity (Wildman–Crippen MR) is 124 cm³/mol. The molecule has 0 fully saturated rings. The van der Waals surface area contributed by atoms with Crippen molar-refractivity contribution in [3.05, 3.63) is 97.1 Å². The fourth-order valence-electron chi connectivity index (χ4n) is 4.03. The lowest BCUT2D eigenvalue weighted by Gasteiger charge is -2.20. The summed E-state index contributed by atoms with van der Waals surface area (Å²) in [7, 11) is 0. The first-order chi connectivity index (χ1) is 13.7. The Labute approximate surface area is 165 Å². The van der Waals surface area contributed by atoms with Crippen molar-refractivity contribution in [3.8, 4) is 11.1 Å². The highest BCUT2D eigenvalue weighted by atomic mass is 14.6. The van der Waals surface area contributed by atoms with E-state index < -0.39 is 0 Å². The van der Waals surface area contributed by atoms with E-state index in [0.717, 1.165) is 55.2 Å². The maximum atomic E-state index is 6.73. The molecule has 0 aliphatic carbocycles. The Morgan fingerprint density at radius 3 is 1.43 bits per heavy atom. The van der Waals surface area contributed by atoms with E-state index in [9.17, 15) is 0 Å². The van der Waals surface area contributed by atoms with Gasteiger partial charge < -0.3 is 11.5 Å². The number of rotatable bonds is 5. The summed E-state index contributed by atoms with van der Waals surface area (Å²) in [4.78, 5) is 0. The minimum atomic E-state index is 0.716. The Morgan fingerprint density at radius 1 is 0.643 bits per heavy atom. The van der Waals surface area contributed by atoms with Gasteiger partial charge >= 0.3 is 0 Å². The molecule has 0 spiro atoms. The molecule has 0 unspecified atom stereocenters. The number of hydrogen-bond donors (Lipinski definition) is 2. The highest BCUT2D eigenvalue weighted by molar-refractivity contribution is 6.14. The topological polar surface area (TPSA) is 52.0 Å². The average Bonchev–Trinajstić information content (AvgIpc) is 2.71. The van der Waals surface area contributed by atoms with Gasteiger partial charge in [0.1, 0.15) is 0 Å². The fourth-order valence-corrected chi connectivity index (χ4v) is 4.03. The summed E-state index contributed by atoms with van der Waals surface area (Å²) in [5.74, 6) is 0. The first-order valence-electron chi connectivity index (χ1n) is 9.48. The third-order valence-electron chi connectivity index (χ3n) is 5.33. The number of hydrogen-bond acceptors (Lipinski definition) is 2. The first-order valence-corrected chi connectivity index (χ1v) is 9.48. The molecule has 4 aromatic carbocycles. The minimum absolute atomic E-state index is 0.716. The SMILES string of the molecule is C=CCc1cc2ccccc2c(-c2c(N)c(CC=C)cc3ccccc23)c1N. The van der Waals surface area contributed by atoms with E-state index in [1.165, 1.54) is 0 Å². The van der Waals surface area contributed by atoms with Crippen molar-refractivity contribution < 1.29 is 0 Å². The summed E-state index contributed by atoms with van der Waals surface area (Å²) in [5.41, 5.74) is 19.2. The highest BCUT2D eigenvalue weighted by Crippen LogP contribution is 2.44. The second-order valence-corrected chi connectivity index (χ2v) is 7.08. The maximum Gasteiger partial charge on any atom is 0.0436 e. The van der Waals surface area contributed by atoms with Crippen LogP contribution in [0.2, 0.25) is 0 Å². The number of fused-ring (bicyclic) bond motifs is 2. The molecule has 0 bridgehead atoms. The van der Waals surface area contributed by atoms with Crippen LogP contribution < -0.4 is 11.5 Å². The maximum absolute atomic E-state index is 6.73. The molecule has 138 valence electrons. The molecule has 0 amide bonds. The lowest BCUT2D eigenvalue weighted by Crippen LogP contribution is -2.03. The lowest BCUT2D eigenvalue weighted by atomic mass is 9.87. The third kappa shape index (κ3) is 2.84. The Morgan fingerprint density at radius 2 is 1.04 bits per heavy atom. The number of allylic oxidation sites excluding steroid dienone is 2. The van der Waals surface area contributed by atoms with Gasteiger partial charge in [-0.15, -0.1) is 13.2 Å². The number of anilines is 2. The molecule has 0 heterocycles. The van der Waals surface area contributed by atoms with Gasteiger partial charge in [0.2, 0.25) is 0 Å². The van der Waals surface area contributed by atoms with E-state index in [0.29, 0.717) is 12.8 Å². The summed E-state index contributed by atoms with van der Waals surface area (Å²) in [6.45, 7) is 7.79. The fraction of sp³-hybridized carbons (Fsp3) is 0.0769. The van der Waals surface area contributed by atoms with Gasteiger partial charge in [-0.3, -0.25) is 0 Å². The monoisotopic (exact) mass is 364 g/mol. The van der Waals surface area contributed by atoms with Gasteiger partial charge in [0.05, 0.1) is 0 Å². The lowest BCUT2D eigenvalue weighted by molar-refractivity contribution is 1.28. The van der Waals surface area contributed by atoms with Crippen LogP contribution in [0, 0.1) is 0 Å². The van der Waals surface area contributed by atoms with E-state index in [4.69, 9.17) is 11.5 Å². The number of nitrogens with two attached hydrogens (primary N) is 2. The standard InChI is InChI=1S/C26H24N2/c1-3-9-19-15-17-11-5-7-13-21(17)23(25(19)27)24-22-14-8-6-12-18(22)16-20(10-4-2)26(24)28/h3-8,11-16H,1-2,9-10,27-28H2. The first kappa shape index (κ1) is 17.9. The molecule has 0 aliphatic rings. The summed E-state index contributed by atoms with van der Waals surface area (Å²) in [6, 6.07) is 21.0. The summed E-state index contributed by atoms with van der Waals surface area (Å²) < 4.78 is 0. The van der Waals surface area contributed by atoms with Crippen molar-refractivity contribution in [3.63, 3.8) is 0 Å². The van der Waals surface area contributed by atoms with Crippen molar-refractivity contribution in [2.24, 2.45) is 0 Å². The zero-order chi connectivity index (χ0) is 19.7. The smallest absolute Gasteiger partial charge is 0.0436 e. The van der Waals surface area contributed by atoms with Crippen LogP contribution >= 0.6 is 0 Å². The van der Waals surface area contributed by atoms with Crippen molar-refractivity contribution in [1.29, 1.82) is 0 Å². The Hall–Kier alpha value is -3.52. The van der Waals surface area contributed by atoms with E-state index in [1.54, 1.807) is 0 Å². The van der Waals surface area contributed by atoms with Crippen LogP contribution in [0.3, 0.4) is 0 Å². The molecule has 4 N–H and O–H groups in total. The van der Waals surface area contributed by atoms with Gasteiger partial charge in [-0.2, -0.15) is 0 Å². The van der Waals surface area contributed by atoms with Crippen LogP contribution in [-0.2, 0) is 12.8 Å². The molecule has 0 atom stereocenters. The molecule has 0 radical (unpaired) electrons. The molecule has 4 rings (SSSR count). The van der Waals surface area contributed by atoms with Gasteiger partial charge in [0.25, 0.3) is 0 Å². The van der Waals surface area contributed by atoms with E-state index >= 15 is 0 Å². The van der Waals surface area contributed by atoms with Crippen molar-refractivity contribution >= 4 is 32.9 Å². The Bertz CT molecular complexity index is 1120. The molecule has 0 aliphatic heterocycles. The molecule has 2 nitrogen and oxygen atoms in total. The molecule has 0 saturated carbocycles. The van der Waals surface area contributed by atoms with Crippen LogP contribution in [0.25, 0.3) is 32.7 Å². The van der Waals surface area contributed by atoms with Crippen molar-refractivity contribution in [1.82, 2.24) is 0 Å². The van der Waals surface area contributed by atoms with Gasteiger partial charge in [0, 0.05) is 22.5 Å². The van der Waals surface area contributed by atoms with Crippen LogP contribution in [0.5, 0.6) is 0 Å². The van der Waals surface area contributed by atoms with E-state index in [1.807, 2.05) is 24.3 Å². The largest absolute Gasteiger partial charge is 0.398 e. The van der Waals surface area contributed by atoms with Crippen LogP contribution in [0.15, 0.2) is 86.0 Å². The van der Waals surface area contributed by atoms with Crippen LogP contribution in [0.4, 0.5) is 11.4 Å². The zero-order valence-electron chi connectivity index (χ0n) is 15.9. The second-order valence-electron chi connectivity index (χ2n) is 7.08. The van der Waals surface area contributed by atoms with Gasteiger partial charge in [-0.1, -0.05) is 60.7 Å². The highest BCUT2D eigenvalue weighted by Gasteiger charge is 2.19.